The number of rotatable bonds is 2. The quantitative estimate of drug-likeness (QED) is 0.907. The molecule has 0 bridgehead atoms. The third-order valence-electron chi connectivity index (χ3n) is 3.56. The van der Waals surface area contributed by atoms with E-state index >= 15 is 0 Å². The Balaban J connectivity index is 1.64. The average molecular weight is 303 g/mol. The van der Waals surface area contributed by atoms with Crippen molar-refractivity contribution in [2.75, 3.05) is 36.8 Å². The molecule has 2 heterocycles. The fourth-order valence-corrected chi connectivity index (χ4v) is 3.03. The van der Waals surface area contributed by atoms with Gasteiger partial charge in [0.15, 0.2) is 0 Å². The monoisotopic (exact) mass is 303 g/mol. The molecule has 2 aromatic rings. The van der Waals surface area contributed by atoms with Gasteiger partial charge in [-0.15, -0.1) is 10.2 Å². The highest BCUT2D eigenvalue weighted by atomic mass is 32.1. The Morgan fingerprint density at radius 3 is 2.62 bits per heavy atom. The Labute approximate surface area is 127 Å². The van der Waals surface area contributed by atoms with E-state index in [1.807, 2.05) is 4.90 Å². The van der Waals surface area contributed by atoms with Crippen molar-refractivity contribution in [1.29, 1.82) is 0 Å². The van der Waals surface area contributed by atoms with E-state index in [0.717, 1.165) is 24.4 Å². The first-order valence-corrected chi connectivity index (χ1v) is 7.65. The molecule has 7 heteroatoms. The first-order valence-electron chi connectivity index (χ1n) is 6.83. The molecule has 1 amide bonds. The summed E-state index contributed by atoms with van der Waals surface area (Å²) >= 11 is 1.14. The summed E-state index contributed by atoms with van der Waals surface area (Å²) in [5, 5.41) is 8.21. The maximum absolute atomic E-state index is 12.3. The summed E-state index contributed by atoms with van der Waals surface area (Å²) in [6.07, 6.45) is 0. The number of hydrogen-bond donors (Lipinski definition) is 1. The molecule has 21 heavy (non-hydrogen) atoms. The van der Waals surface area contributed by atoms with E-state index in [2.05, 4.69) is 46.3 Å². The van der Waals surface area contributed by atoms with E-state index in [0.29, 0.717) is 23.2 Å². The first kappa shape index (κ1) is 13.8. The molecule has 0 unspecified atom stereocenters. The van der Waals surface area contributed by atoms with E-state index in [-0.39, 0.29) is 5.91 Å². The van der Waals surface area contributed by atoms with Crippen LogP contribution in [0.1, 0.15) is 15.4 Å². The van der Waals surface area contributed by atoms with Gasteiger partial charge in [0, 0.05) is 31.9 Å². The summed E-state index contributed by atoms with van der Waals surface area (Å²) in [5.41, 5.74) is 7.98. The summed E-state index contributed by atoms with van der Waals surface area (Å²) in [6.45, 7) is 5.11. The number of aryl methyl sites for hydroxylation is 1. The van der Waals surface area contributed by atoms with Gasteiger partial charge in [-0.2, -0.15) is 0 Å². The normalized spacial score (nSPS) is 15.3. The van der Waals surface area contributed by atoms with Crippen molar-refractivity contribution in [3.8, 4) is 0 Å². The van der Waals surface area contributed by atoms with E-state index in [1.54, 1.807) is 0 Å². The van der Waals surface area contributed by atoms with Gasteiger partial charge in [0.2, 0.25) is 10.1 Å². The number of hydrogen-bond acceptors (Lipinski definition) is 6. The zero-order valence-corrected chi connectivity index (χ0v) is 12.6. The van der Waals surface area contributed by atoms with Gasteiger partial charge < -0.3 is 15.5 Å². The van der Waals surface area contributed by atoms with Gasteiger partial charge in [0.25, 0.3) is 5.91 Å². The van der Waals surface area contributed by atoms with Crippen LogP contribution in [0.25, 0.3) is 0 Å². The molecule has 0 aliphatic carbocycles. The number of carbonyl (C=O) groups is 1. The maximum atomic E-state index is 12.3. The topological polar surface area (TPSA) is 75.3 Å². The Morgan fingerprint density at radius 2 is 2.00 bits per heavy atom. The van der Waals surface area contributed by atoms with Crippen LogP contribution < -0.4 is 10.6 Å². The van der Waals surface area contributed by atoms with E-state index in [1.165, 1.54) is 11.3 Å². The molecule has 1 aromatic heterocycles. The third-order valence-corrected chi connectivity index (χ3v) is 4.30. The largest absolute Gasteiger partial charge is 0.374 e. The van der Waals surface area contributed by atoms with Crippen LogP contribution in [0.15, 0.2) is 24.3 Å². The molecule has 2 N–H and O–H groups in total. The molecule has 0 saturated carbocycles. The van der Waals surface area contributed by atoms with E-state index in [4.69, 9.17) is 5.73 Å². The second-order valence-electron chi connectivity index (χ2n) is 5.06. The van der Waals surface area contributed by atoms with Crippen molar-refractivity contribution in [2.45, 2.75) is 6.92 Å². The SMILES string of the molecule is Cc1cccc(N2CCN(C(=O)c3nnc(N)s3)CC2)c1. The minimum absolute atomic E-state index is 0.0758. The second kappa shape index (κ2) is 5.69. The predicted octanol–water partition coefficient (Wildman–Crippen LogP) is 1.39. The number of nitrogens with zero attached hydrogens (tertiary/aromatic N) is 4. The number of carbonyl (C=O) groups excluding carboxylic acids is 1. The van der Waals surface area contributed by atoms with Crippen molar-refractivity contribution in [1.82, 2.24) is 15.1 Å². The minimum Gasteiger partial charge on any atom is -0.374 e. The van der Waals surface area contributed by atoms with Crippen LogP contribution in [-0.2, 0) is 0 Å². The molecule has 1 saturated heterocycles. The van der Waals surface area contributed by atoms with E-state index in [9.17, 15) is 4.79 Å². The second-order valence-corrected chi connectivity index (χ2v) is 6.07. The van der Waals surface area contributed by atoms with Gasteiger partial charge in [-0.3, -0.25) is 4.79 Å². The number of piperazine rings is 1. The van der Waals surface area contributed by atoms with Crippen LogP contribution in [0.2, 0.25) is 0 Å². The zero-order chi connectivity index (χ0) is 14.8. The van der Waals surface area contributed by atoms with Gasteiger partial charge in [0.1, 0.15) is 0 Å². The molecule has 110 valence electrons. The Morgan fingerprint density at radius 1 is 1.24 bits per heavy atom. The van der Waals surface area contributed by atoms with Crippen LogP contribution >= 0.6 is 11.3 Å². The molecular weight excluding hydrogens is 286 g/mol. The Bertz CT molecular complexity index is 648. The third kappa shape index (κ3) is 2.97. The van der Waals surface area contributed by atoms with Gasteiger partial charge in [0.05, 0.1) is 0 Å². The molecule has 1 fully saturated rings. The lowest BCUT2D eigenvalue weighted by Crippen LogP contribution is -2.48. The highest BCUT2D eigenvalue weighted by molar-refractivity contribution is 7.16. The van der Waals surface area contributed by atoms with Crippen molar-refractivity contribution >= 4 is 28.1 Å². The van der Waals surface area contributed by atoms with Crippen molar-refractivity contribution in [3.05, 3.63) is 34.8 Å². The van der Waals surface area contributed by atoms with E-state index < -0.39 is 0 Å². The van der Waals surface area contributed by atoms with Gasteiger partial charge in [-0.25, -0.2) is 0 Å². The standard InChI is InChI=1S/C14H17N5OS/c1-10-3-2-4-11(9-10)18-5-7-19(8-6-18)13(20)12-16-17-14(15)21-12/h2-4,9H,5-8H2,1H3,(H2,15,17). The van der Waals surface area contributed by atoms with Gasteiger partial charge in [-0.1, -0.05) is 23.5 Å². The fraction of sp³-hybridized carbons (Fsp3) is 0.357. The Hall–Kier alpha value is -2.15. The lowest BCUT2D eigenvalue weighted by Gasteiger charge is -2.35. The number of nitrogen functional groups attached to an aromatic ring is 1. The lowest BCUT2D eigenvalue weighted by atomic mass is 10.2. The van der Waals surface area contributed by atoms with Crippen LogP contribution in [0.5, 0.6) is 0 Å². The first-order chi connectivity index (χ1) is 10.1. The van der Waals surface area contributed by atoms with Crippen LogP contribution in [-0.4, -0.2) is 47.2 Å². The average Bonchev–Trinajstić information content (AvgIpc) is 2.93. The molecule has 6 nitrogen and oxygen atoms in total. The van der Waals surface area contributed by atoms with Crippen LogP contribution in [0.4, 0.5) is 10.8 Å². The van der Waals surface area contributed by atoms with Gasteiger partial charge >= 0.3 is 0 Å². The lowest BCUT2D eigenvalue weighted by molar-refractivity contribution is 0.0745. The zero-order valence-electron chi connectivity index (χ0n) is 11.8. The molecule has 1 aromatic carbocycles. The molecule has 1 aliphatic heterocycles. The minimum atomic E-state index is -0.0758. The van der Waals surface area contributed by atoms with Crippen LogP contribution in [0, 0.1) is 6.92 Å². The number of nitrogens with two attached hydrogens (primary N) is 1. The molecule has 0 spiro atoms. The molecule has 1 aliphatic rings. The number of aromatic nitrogens is 2. The maximum Gasteiger partial charge on any atom is 0.285 e. The summed E-state index contributed by atoms with van der Waals surface area (Å²) in [5.74, 6) is -0.0758. The molecular formula is C14H17N5OS. The highest BCUT2D eigenvalue weighted by Crippen LogP contribution is 2.19. The Kier molecular flexibility index (Phi) is 3.74. The predicted molar refractivity (Wildman–Crippen MR) is 83.6 cm³/mol. The molecule has 0 atom stereocenters. The highest BCUT2D eigenvalue weighted by Gasteiger charge is 2.24. The summed E-state index contributed by atoms with van der Waals surface area (Å²) in [4.78, 5) is 16.4. The van der Waals surface area contributed by atoms with Crippen molar-refractivity contribution in [3.63, 3.8) is 0 Å². The summed E-state index contributed by atoms with van der Waals surface area (Å²) < 4.78 is 0. The number of amides is 1. The van der Waals surface area contributed by atoms with Gasteiger partial charge in [-0.05, 0) is 24.6 Å². The number of benzene rings is 1. The van der Waals surface area contributed by atoms with Crippen molar-refractivity contribution < 1.29 is 4.79 Å². The fourth-order valence-electron chi connectivity index (χ4n) is 2.45. The number of anilines is 2. The van der Waals surface area contributed by atoms with Crippen molar-refractivity contribution in [2.24, 2.45) is 0 Å². The summed E-state index contributed by atoms with van der Waals surface area (Å²) in [7, 11) is 0. The smallest absolute Gasteiger partial charge is 0.285 e. The molecule has 0 radical (unpaired) electrons. The van der Waals surface area contributed by atoms with Crippen LogP contribution in [0.3, 0.4) is 0 Å². The molecule has 3 rings (SSSR count). The summed E-state index contributed by atoms with van der Waals surface area (Å²) in [6, 6.07) is 8.42.